The zero-order chi connectivity index (χ0) is 15.6. The maximum Gasteiger partial charge on any atom is 0.226 e. The molecule has 0 N–H and O–H groups in total. The smallest absolute Gasteiger partial charge is 0.226 e. The van der Waals surface area contributed by atoms with E-state index in [1.807, 2.05) is 6.92 Å². The first-order valence-electron chi connectivity index (χ1n) is 8.64. The van der Waals surface area contributed by atoms with Gasteiger partial charge >= 0.3 is 0 Å². The van der Waals surface area contributed by atoms with Crippen LogP contribution in [0.15, 0.2) is 22.7 Å². The quantitative estimate of drug-likeness (QED) is 0.849. The van der Waals surface area contributed by atoms with E-state index in [1.165, 1.54) is 17.5 Å². The van der Waals surface area contributed by atoms with Crippen molar-refractivity contribution < 1.29 is 9.26 Å². The largest absolute Gasteiger partial charge is 0.493 e. The lowest BCUT2D eigenvalue weighted by Gasteiger charge is -2.21. The topological polar surface area (TPSA) is 51.4 Å². The first kappa shape index (κ1) is 14.7. The van der Waals surface area contributed by atoms with Gasteiger partial charge in [0.1, 0.15) is 5.75 Å². The number of fused-ring (bicyclic) bond motifs is 1. The Balaban J connectivity index is 1.41. The first-order chi connectivity index (χ1) is 11.3. The molecule has 5 nitrogen and oxygen atoms in total. The molecular weight excluding hydrogens is 290 g/mol. The van der Waals surface area contributed by atoms with Crippen molar-refractivity contribution in [1.82, 2.24) is 15.0 Å². The lowest BCUT2D eigenvalue weighted by Crippen LogP contribution is -2.26. The number of aryl methyl sites for hydroxylation is 1. The van der Waals surface area contributed by atoms with Gasteiger partial charge in [-0.1, -0.05) is 24.2 Å². The van der Waals surface area contributed by atoms with Gasteiger partial charge < -0.3 is 9.26 Å². The zero-order valence-electron chi connectivity index (χ0n) is 13.6. The van der Waals surface area contributed by atoms with Crippen LogP contribution in [0.25, 0.3) is 0 Å². The first-order valence-corrected chi connectivity index (χ1v) is 8.64. The summed E-state index contributed by atoms with van der Waals surface area (Å²) >= 11 is 0. The Kier molecular flexibility index (Phi) is 4.04. The third kappa shape index (κ3) is 2.98. The van der Waals surface area contributed by atoms with Crippen LogP contribution in [0.4, 0.5) is 0 Å². The molecule has 0 aliphatic carbocycles. The van der Waals surface area contributed by atoms with Crippen molar-refractivity contribution in [3.05, 3.63) is 41.0 Å². The molecule has 1 unspecified atom stereocenters. The second kappa shape index (κ2) is 6.32. The van der Waals surface area contributed by atoms with Gasteiger partial charge in [-0.15, -0.1) is 0 Å². The van der Waals surface area contributed by atoms with Crippen molar-refractivity contribution in [2.75, 3.05) is 19.7 Å². The van der Waals surface area contributed by atoms with E-state index in [4.69, 9.17) is 9.26 Å². The van der Waals surface area contributed by atoms with Crippen LogP contribution in [-0.4, -0.2) is 34.7 Å². The molecule has 5 heteroatoms. The van der Waals surface area contributed by atoms with Crippen molar-refractivity contribution in [1.29, 1.82) is 0 Å². The fourth-order valence-electron chi connectivity index (χ4n) is 3.60. The van der Waals surface area contributed by atoms with Gasteiger partial charge in [0.15, 0.2) is 5.82 Å². The molecule has 3 heterocycles. The molecule has 0 bridgehead atoms. The van der Waals surface area contributed by atoms with Crippen molar-refractivity contribution in [2.45, 2.75) is 45.1 Å². The molecule has 23 heavy (non-hydrogen) atoms. The summed E-state index contributed by atoms with van der Waals surface area (Å²) in [6.45, 7) is 5.03. The summed E-state index contributed by atoms with van der Waals surface area (Å²) in [5, 5.41) is 4.18. The summed E-state index contributed by atoms with van der Waals surface area (Å²) in [7, 11) is 0. The minimum Gasteiger partial charge on any atom is -0.493 e. The molecule has 0 amide bonds. The molecule has 122 valence electrons. The van der Waals surface area contributed by atoms with Crippen LogP contribution in [0.2, 0.25) is 0 Å². The average molecular weight is 313 g/mol. The molecule has 2 aliphatic rings. The summed E-state index contributed by atoms with van der Waals surface area (Å²) in [4.78, 5) is 7.02. The van der Waals surface area contributed by atoms with Crippen molar-refractivity contribution in [3.63, 3.8) is 0 Å². The number of rotatable bonds is 5. The van der Waals surface area contributed by atoms with Crippen molar-refractivity contribution in [3.8, 4) is 5.75 Å². The SMILES string of the molecule is CCc1nc(C2CCCN2CCc2ccc3c(c2)CCO3)no1. The van der Waals surface area contributed by atoms with Crippen LogP contribution in [0.5, 0.6) is 5.75 Å². The Morgan fingerprint density at radius 3 is 3.17 bits per heavy atom. The molecule has 1 atom stereocenters. The number of nitrogens with zero attached hydrogens (tertiary/aromatic N) is 3. The van der Waals surface area contributed by atoms with Crippen LogP contribution in [-0.2, 0) is 19.3 Å². The Hall–Kier alpha value is -1.88. The molecule has 1 aromatic heterocycles. The van der Waals surface area contributed by atoms with Crippen molar-refractivity contribution >= 4 is 0 Å². The van der Waals surface area contributed by atoms with Crippen LogP contribution in [0, 0.1) is 0 Å². The van der Waals surface area contributed by atoms with Gasteiger partial charge in [-0.2, -0.15) is 4.98 Å². The molecule has 4 rings (SSSR count). The predicted molar refractivity (Wildman–Crippen MR) is 86.6 cm³/mol. The maximum atomic E-state index is 5.58. The summed E-state index contributed by atoms with van der Waals surface area (Å²) in [6, 6.07) is 6.93. The highest BCUT2D eigenvalue weighted by Gasteiger charge is 2.29. The van der Waals surface area contributed by atoms with Gasteiger partial charge in [0.2, 0.25) is 5.89 Å². The molecule has 2 aromatic rings. The fraction of sp³-hybridized carbons (Fsp3) is 0.556. The molecule has 0 radical (unpaired) electrons. The fourth-order valence-corrected chi connectivity index (χ4v) is 3.60. The van der Waals surface area contributed by atoms with Gasteiger partial charge in [0.25, 0.3) is 0 Å². The number of aromatic nitrogens is 2. The van der Waals surface area contributed by atoms with E-state index in [2.05, 4.69) is 33.2 Å². The third-order valence-electron chi connectivity index (χ3n) is 4.89. The Labute approximate surface area is 136 Å². The number of hydrogen-bond donors (Lipinski definition) is 0. The molecule has 1 fully saturated rings. The normalized spacial score (nSPS) is 20.7. The summed E-state index contributed by atoms with van der Waals surface area (Å²) in [6.07, 6.45) is 5.23. The van der Waals surface area contributed by atoms with Gasteiger partial charge in [-0.3, -0.25) is 4.90 Å². The average Bonchev–Trinajstić information content (AvgIpc) is 3.30. The van der Waals surface area contributed by atoms with Gasteiger partial charge in [-0.05, 0) is 43.0 Å². The standard InChI is InChI=1S/C18H23N3O2/c1-2-17-19-18(20-23-17)15-4-3-9-21(15)10-7-13-5-6-16-14(12-13)8-11-22-16/h5-6,12,15H,2-4,7-11H2,1H3. The van der Waals surface area contributed by atoms with E-state index in [1.54, 1.807) is 0 Å². The van der Waals surface area contributed by atoms with Crippen LogP contribution >= 0.6 is 0 Å². The zero-order valence-corrected chi connectivity index (χ0v) is 13.6. The number of benzene rings is 1. The highest BCUT2D eigenvalue weighted by molar-refractivity contribution is 5.39. The minimum absolute atomic E-state index is 0.316. The molecule has 0 spiro atoms. The summed E-state index contributed by atoms with van der Waals surface area (Å²) < 4.78 is 10.9. The van der Waals surface area contributed by atoms with E-state index in [-0.39, 0.29) is 0 Å². The lowest BCUT2D eigenvalue weighted by atomic mass is 10.1. The number of hydrogen-bond acceptors (Lipinski definition) is 5. The van der Waals surface area contributed by atoms with Crippen LogP contribution in [0.1, 0.15) is 48.6 Å². The molecule has 1 aromatic carbocycles. The van der Waals surface area contributed by atoms with E-state index < -0.39 is 0 Å². The summed E-state index contributed by atoms with van der Waals surface area (Å²) in [5.74, 6) is 2.67. The molecule has 0 saturated carbocycles. The number of likely N-dealkylation sites (tertiary alicyclic amines) is 1. The predicted octanol–water partition coefficient (Wildman–Crippen LogP) is 2.95. The molecule has 1 saturated heterocycles. The van der Waals surface area contributed by atoms with E-state index in [9.17, 15) is 0 Å². The maximum absolute atomic E-state index is 5.58. The Bertz CT molecular complexity index is 683. The highest BCUT2D eigenvalue weighted by Crippen LogP contribution is 2.31. The third-order valence-corrected chi connectivity index (χ3v) is 4.89. The van der Waals surface area contributed by atoms with E-state index >= 15 is 0 Å². The van der Waals surface area contributed by atoms with Crippen LogP contribution in [0.3, 0.4) is 0 Å². The summed E-state index contributed by atoms with van der Waals surface area (Å²) in [5.41, 5.74) is 2.74. The second-order valence-corrected chi connectivity index (χ2v) is 6.38. The van der Waals surface area contributed by atoms with Gasteiger partial charge in [0.05, 0.1) is 12.6 Å². The highest BCUT2D eigenvalue weighted by atomic mass is 16.5. The molecule has 2 aliphatic heterocycles. The van der Waals surface area contributed by atoms with Crippen LogP contribution < -0.4 is 4.74 Å². The molecular formula is C18H23N3O2. The monoisotopic (exact) mass is 313 g/mol. The van der Waals surface area contributed by atoms with E-state index in [0.717, 1.165) is 62.8 Å². The Morgan fingerprint density at radius 2 is 2.30 bits per heavy atom. The lowest BCUT2D eigenvalue weighted by molar-refractivity contribution is 0.245. The minimum atomic E-state index is 0.316. The number of ether oxygens (including phenoxy) is 1. The second-order valence-electron chi connectivity index (χ2n) is 6.38. The Morgan fingerprint density at radius 1 is 1.35 bits per heavy atom. The van der Waals surface area contributed by atoms with Gasteiger partial charge in [0, 0.05) is 19.4 Å². The van der Waals surface area contributed by atoms with Crippen molar-refractivity contribution in [2.24, 2.45) is 0 Å². The van der Waals surface area contributed by atoms with E-state index in [0.29, 0.717) is 6.04 Å². The van der Waals surface area contributed by atoms with Gasteiger partial charge in [-0.25, -0.2) is 0 Å².